The van der Waals surface area contributed by atoms with Crippen molar-refractivity contribution in [1.29, 1.82) is 0 Å². The van der Waals surface area contributed by atoms with Crippen molar-refractivity contribution in [2.75, 3.05) is 19.6 Å². The van der Waals surface area contributed by atoms with Crippen LogP contribution < -0.4 is 5.73 Å². The summed E-state index contributed by atoms with van der Waals surface area (Å²) in [5.74, 6) is 0. The van der Waals surface area contributed by atoms with Gasteiger partial charge in [0, 0.05) is 30.1 Å². The molecule has 0 fully saturated rings. The van der Waals surface area contributed by atoms with E-state index in [0.717, 1.165) is 32.5 Å². The summed E-state index contributed by atoms with van der Waals surface area (Å²) < 4.78 is 1.18. The van der Waals surface area contributed by atoms with Gasteiger partial charge in [0.1, 0.15) is 0 Å². The van der Waals surface area contributed by atoms with E-state index < -0.39 is 0 Å². The quantitative estimate of drug-likeness (QED) is 0.922. The standard InChI is InChI=1S/C18H21BrN2/c19-17-7-6-14-8-10-21(11-9-16(14)12-17)13-18(20)15-4-2-1-3-5-15/h1-7,12,18H,8-11,13,20H2. The number of rotatable bonds is 3. The summed E-state index contributed by atoms with van der Waals surface area (Å²) in [6.45, 7) is 3.11. The maximum absolute atomic E-state index is 6.36. The van der Waals surface area contributed by atoms with Gasteiger partial charge in [0.05, 0.1) is 0 Å². The average Bonchev–Trinajstić information content (AvgIpc) is 2.70. The minimum Gasteiger partial charge on any atom is -0.323 e. The zero-order valence-electron chi connectivity index (χ0n) is 12.1. The van der Waals surface area contributed by atoms with Crippen LogP contribution in [0.5, 0.6) is 0 Å². The van der Waals surface area contributed by atoms with E-state index in [1.165, 1.54) is 21.2 Å². The molecule has 1 heterocycles. The van der Waals surface area contributed by atoms with Gasteiger partial charge in [-0.3, -0.25) is 0 Å². The molecule has 0 aliphatic carbocycles. The Morgan fingerprint density at radius 2 is 1.71 bits per heavy atom. The Morgan fingerprint density at radius 1 is 1.00 bits per heavy atom. The highest BCUT2D eigenvalue weighted by molar-refractivity contribution is 9.10. The second-order valence-electron chi connectivity index (χ2n) is 5.73. The van der Waals surface area contributed by atoms with Crippen molar-refractivity contribution >= 4 is 15.9 Å². The van der Waals surface area contributed by atoms with Crippen LogP contribution in [-0.4, -0.2) is 24.5 Å². The van der Waals surface area contributed by atoms with Gasteiger partial charge in [-0.15, -0.1) is 0 Å². The molecular formula is C18H21BrN2. The van der Waals surface area contributed by atoms with E-state index >= 15 is 0 Å². The van der Waals surface area contributed by atoms with Gasteiger partial charge in [-0.05, 0) is 41.7 Å². The summed E-state index contributed by atoms with van der Waals surface area (Å²) in [4.78, 5) is 2.49. The van der Waals surface area contributed by atoms with Crippen LogP contribution >= 0.6 is 15.9 Å². The largest absolute Gasteiger partial charge is 0.323 e. The summed E-state index contributed by atoms with van der Waals surface area (Å²) in [5, 5.41) is 0. The van der Waals surface area contributed by atoms with Gasteiger partial charge in [-0.2, -0.15) is 0 Å². The first-order valence-electron chi connectivity index (χ1n) is 7.52. The van der Waals surface area contributed by atoms with Crippen molar-refractivity contribution in [1.82, 2.24) is 4.90 Å². The van der Waals surface area contributed by atoms with Crippen molar-refractivity contribution in [3.63, 3.8) is 0 Å². The van der Waals surface area contributed by atoms with Crippen LogP contribution in [0.3, 0.4) is 0 Å². The van der Waals surface area contributed by atoms with Crippen molar-refractivity contribution < 1.29 is 0 Å². The Morgan fingerprint density at radius 3 is 2.48 bits per heavy atom. The topological polar surface area (TPSA) is 29.3 Å². The number of benzene rings is 2. The molecule has 0 saturated carbocycles. The number of halogens is 1. The fraction of sp³-hybridized carbons (Fsp3) is 0.333. The summed E-state index contributed by atoms with van der Waals surface area (Å²) in [6, 6.07) is 17.1. The molecule has 0 radical (unpaired) electrons. The lowest BCUT2D eigenvalue weighted by Crippen LogP contribution is -2.34. The van der Waals surface area contributed by atoms with Gasteiger partial charge in [0.2, 0.25) is 0 Å². The Bertz CT molecular complexity index is 597. The van der Waals surface area contributed by atoms with Crippen LogP contribution in [0.1, 0.15) is 22.7 Å². The Balaban J connectivity index is 1.64. The fourth-order valence-electron chi connectivity index (χ4n) is 3.01. The SMILES string of the molecule is NC(CN1CCc2ccc(Br)cc2CC1)c1ccccc1. The maximum Gasteiger partial charge on any atom is 0.0424 e. The minimum atomic E-state index is 0.0964. The molecule has 0 saturated heterocycles. The van der Waals surface area contributed by atoms with E-state index in [0.29, 0.717) is 0 Å². The molecule has 2 N–H and O–H groups in total. The molecule has 0 amide bonds. The van der Waals surface area contributed by atoms with Crippen molar-refractivity contribution in [3.05, 3.63) is 69.7 Å². The van der Waals surface area contributed by atoms with Crippen LogP contribution in [0.2, 0.25) is 0 Å². The summed E-state index contributed by atoms with van der Waals surface area (Å²) >= 11 is 3.57. The van der Waals surface area contributed by atoms with Crippen LogP contribution in [0.4, 0.5) is 0 Å². The predicted molar refractivity (Wildman–Crippen MR) is 91.4 cm³/mol. The third kappa shape index (κ3) is 3.73. The molecule has 1 aliphatic heterocycles. The number of fused-ring (bicyclic) bond motifs is 1. The van der Waals surface area contributed by atoms with Gasteiger partial charge in [0.25, 0.3) is 0 Å². The number of nitrogens with two attached hydrogens (primary N) is 1. The molecule has 0 bridgehead atoms. The second-order valence-corrected chi connectivity index (χ2v) is 6.65. The summed E-state index contributed by atoms with van der Waals surface area (Å²) in [5.41, 5.74) is 10.5. The summed E-state index contributed by atoms with van der Waals surface area (Å²) in [7, 11) is 0. The molecule has 1 atom stereocenters. The number of hydrogen-bond donors (Lipinski definition) is 1. The van der Waals surface area contributed by atoms with Gasteiger partial charge >= 0.3 is 0 Å². The Kier molecular flexibility index (Phi) is 4.73. The monoisotopic (exact) mass is 344 g/mol. The molecule has 0 aromatic heterocycles. The highest BCUT2D eigenvalue weighted by Gasteiger charge is 2.17. The zero-order chi connectivity index (χ0) is 14.7. The first-order chi connectivity index (χ1) is 10.2. The van der Waals surface area contributed by atoms with Gasteiger partial charge in [-0.1, -0.05) is 52.3 Å². The molecule has 1 unspecified atom stereocenters. The summed E-state index contributed by atoms with van der Waals surface area (Å²) in [6.07, 6.45) is 2.22. The molecule has 2 nitrogen and oxygen atoms in total. The van der Waals surface area contributed by atoms with E-state index in [9.17, 15) is 0 Å². The van der Waals surface area contributed by atoms with Crippen molar-refractivity contribution in [2.45, 2.75) is 18.9 Å². The maximum atomic E-state index is 6.36. The number of nitrogens with zero attached hydrogens (tertiary/aromatic N) is 1. The Hall–Kier alpha value is -1.16. The molecule has 3 rings (SSSR count). The Labute approximate surface area is 135 Å². The first-order valence-corrected chi connectivity index (χ1v) is 8.32. The lowest BCUT2D eigenvalue weighted by Gasteiger charge is -2.24. The highest BCUT2D eigenvalue weighted by atomic mass is 79.9. The van der Waals surface area contributed by atoms with E-state index in [2.05, 4.69) is 63.3 Å². The fourth-order valence-corrected chi connectivity index (χ4v) is 3.41. The molecule has 2 aromatic rings. The third-order valence-corrected chi connectivity index (χ3v) is 4.74. The van der Waals surface area contributed by atoms with Crippen LogP contribution in [0.15, 0.2) is 53.0 Å². The van der Waals surface area contributed by atoms with Crippen molar-refractivity contribution in [3.8, 4) is 0 Å². The second kappa shape index (κ2) is 6.73. The molecule has 2 aromatic carbocycles. The van der Waals surface area contributed by atoms with E-state index in [1.807, 2.05) is 6.07 Å². The molecule has 0 spiro atoms. The lowest BCUT2D eigenvalue weighted by atomic mass is 10.0. The highest BCUT2D eigenvalue weighted by Crippen LogP contribution is 2.21. The normalized spacial score (nSPS) is 17.0. The van der Waals surface area contributed by atoms with Gasteiger partial charge in [0.15, 0.2) is 0 Å². The van der Waals surface area contributed by atoms with E-state index in [4.69, 9.17) is 5.73 Å². The number of hydrogen-bond acceptors (Lipinski definition) is 2. The van der Waals surface area contributed by atoms with Crippen LogP contribution in [0.25, 0.3) is 0 Å². The van der Waals surface area contributed by atoms with Gasteiger partial charge in [-0.25, -0.2) is 0 Å². The van der Waals surface area contributed by atoms with Crippen LogP contribution in [0, 0.1) is 0 Å². The average molecular weight is 345 g/mol. The molecule has 3 heteroatoms. The van der Waals surface area contributed by atoms with E-state index in [1.54, 1.807) is 0 Å². The minimum absolute atomic E-state index is 0.0964. The lowest BCUT2D eigenvalue weighted by molar-refractivity contribution is 0.270. The smallest absolute Gasteiger partial charge is 0.0424 e. The third-order valence-electron chi connectivity index (χ3n) is 4.25. The zero-order valence-corrected chi connectivity index (χ0v) is 13.7. The molecule has 1 aliphatic rings. The van der Waals surface area contributed by atoms with E-state index in [-0.39, 0.29) is 6.04 Å². The van der Waals surface area contributed by atoms with Crippen LogP contribution in [-0.2, 0) is 12.8 Å². The molecule has 110 valence electrons. The first kappa shape index (κ1) is 14.8. The molecule has 21 heavy (non-hydrogen) atoms. The van der Waals surface area contributed by atoms with Crippen molar-refractivity contribution in [2.24, 2.45) is 5.73 Å². The predicted octanol–water partition coefficient (Wildman–Crippen LogP) is 3.55. The molecular weight excluding hydrogens is 324 g/mol. The van der Waals surface area contributed by atoms with Gasteiger partial charge < -0.3 is 10.6 Å².